The van der Waals surface area contributed by atoms with Crippen molar-refractivity contribution in [3.8, 4) is 0 Å². The summed E-state index contributed by atoms with van der Waals surface area (Å²) in [6, 6.07) is -0.610. The lowest BCUT2D eigenvalue weighted by atomic mass is 10.1. The van der Waals surface area contributed by atoms with Gasteiger partial charge in [-0.15, -0.1) is 0 Å². The van der Waals surface area contributed by atoms with Gasteiger partial charge in [-0.05, 0) is 20.8 Å². The summed E-state index contributed by atoms with van der Waals surface area (Å²) >= 11 is 0. The number of carbonyl (C=O) groups excluding carboxylic acids is 2. The first-order valence-corrected chi connectivity index (χ1v) is 6.24. The molecule has 16 heavy (non-hydrogen) atoms. The summed E-state index contributed by atoms with van der Waals surface area (Å²) < 4.78 is 11.7. The van der Waals surface area contributed by atoms with Crippen molar-refractivity contribution < 1.29 is 13.8 Å². The smallest absolute Gasteiger partial charge is 0.321 e. The van der Waals surface area contributed by atoms with Gasteiger partial charge in [-0.25, -0.2) is 4.79 Å². The monoisotopic (exact) mass is 249 g/mol. The maximum atomic E-state index is 11.7. The third-order valence-corrected chi connectivity index (χ3v) is 3.77. The zero-order chi connectivity index (χ0) is 12.9. The molecular formula is C9H19N3O3S. The van der Waals surface area contributed by atoms with Crippen LogP contribution < -0.4 is 16.4 Å². The molecule has 2 atom stereocenters. The number of hydrogen-bond acceptors (Lipinski definition) is 4. The normalized spacial score (nSPS) is 15.1. The first-order valence-electron chi connectivity index (χ1n) is 4.86. The number of nitrogens with two attached hydrogens (primary N) is 1. The van der Waals surface area contributed by atoms with Crippen LogP contribution in [-0.4, -0.2) is 39.7 Å². The Morgan fingerprint density at radius 3 is 2.31 bits per heavy atom. The van der Waals surface area contributed by atoms with Crippen molar-refractivity contribution in [1.82, 2.24) is 10.6 Å². The number of urea groups is 1. The molecular weight excluding hydrogens is 230 g/mol. The molecule has 0 aliphatic heterocycles. The van der Waals surface area contributed by atoms with Crippen molar-refractivity contribution >= 4 is 22.7 Å². The number of carbonyl (C=O) groups is 2. The maximum Gasteiger partial charge on any atom is 0.321 e. The first kappa shape index (κ1) is 15.0. The fourth-order valence-corrected chi connectivity index (χ4v) is 2.17. The molecule has 0 aromatic carbocycles. The van der Waals surface area contributed by atoms with Crippen LogP contribution in [0.25, 0.3) is 0 Å². The fourth-order valence-electron chi connectivity index (χ4n) is 0.887. The number of nitrogens with one attached hydrogen (secondary N) is 2. The number of amides is 3. The molecule has 0 radical (unpaired) electrons. The molecule has 0 saturated heterocycles. The van der Waals surface area contributed by atoms with Gasteiger partial charge in [-0.2, -0.15) is 0 Å². The largest absolute Gasteiger partial charge is 0.341 e. The highest BCUT2D eigenvalue weighted by molar-refractivity contribution is 7.86. The third kappa shape index (κ3) is 5.82. The van der Waals surface area contributed by atoms with Crippen LogP contribution in [0.3, 0.4) is 0 Å². The zero-order valence-electron chi connectivity index (χ0n) is 9.99. The van der Waals surface area contributed by atoms with E-state index in [-0.39, 0.29) is 5.75 Å². The van der Waals surface area contributed by atoms with E-state index >= 15 is 0 Å². The average molecular weight is 249 g/mol. The molecule has 3 amide bonds. The van der Waals surface area contributed by atoms with Crippen molar-refractivity contribution in [2.45, 2.75) is 31.6 Å². The quantitative estimate of drug-likeness (QED) is 0.614. The van der Waals surface area contributed by atoms with Gasteiger partial charge in [0.15, 0.2) is 0 Å². The molecule has 0 aliphatic carbocycles. The van der Waals surface area contributed by atoms with Crippen LogP contribution >= 0.6 is 0 Å². The molecule has 0 aromatic heterocycles. The lowest BCUT2D eigenvalue weighted by molar-refractivity contribution is -0.119. The minimum atomic E-state index is -1.40. The molecule has 0 aromatic rings. The van der Waals surface area contributed by atoms with Gasteiger partial charge in [0.2, 0.25) is 5.91 Å². The molecule has 2 unspecified atom stereocenters. The second kappa shape index (κ2) is 5.95. The molecule has 0 heterocycles. The van der Waals surface area contributed by atoms with Gasteiger partial charge in [0.25, 0.3) is 0 Å². The van der Waals surface area contributed by atoms with E-state index in [2.05, 4.69) is 10.6 Å². The summed E-state index contributed by atoms with van der Waals surface area (Å²) in [4.78, 5) is 22.3. The van der Waals surface area contributed by atoms with Crippen LogP contribution in [0.5, 0.6) is 0 Å². The minimum Gasteiger partial charge on any atom is -0.341 e. The van der Waals surface area contributed by atoms with E-state index in [9.17, 15) is 13.8 Å². The van der Waals surface area contributed by atoms with Gasteiger partial charge < -0.3 is 11.1 Å². The van der Waals surface area contributed by atoms with Gasteiger partial charge in [0.1, 0.15) is 5.25 Å². The number of imide groups is 1. The predicted octanol–water partition coefficient (Wildman–Crippen LogP) is -0.683. The van der Waals surface area contributed by atoms with E-state index in [4.69, 9.17) is 5.73 Å². The summed E-state index contributed by atoms with van der Waals surface area (Å²) in [6.45, 7) is 4.96. The standard InChI is InChI=1S/C9H19N3O3S/c1-6(7(13)12-8(14)11-4)16(15)5-9(2,3)10/h6H,5,10H2,1-4H3,(H2,11,12,13,14). The molecule has 4 N–H and O–H groups in total. The highest BCUT2D eigenvalue weighted by Crippen LogP contribution is 2.05. The fraction of sp³-hybridized carbons (Fsp3) is 0.778. The van der Waals surface area contributed by atoms with Crippen molar-refractivity contribution in [2.75, 3.05) is 12.8 Å². The zero-order valence-corrected chi connectivity index (χ0v) is 10.8. The minimum absolute atomic E-state index is 0.204. The molecule has 6 nitrogen and oxygen atoms in total. The van der Waals surface area contributed by atoms with Crippen LogP contribution in [0.2, 0.25) is 0 Å². The highest BCUT2D eigenvalue weighted by atomic mass is 32.2. The Labute approximate surface area is 97.8 Å². The second-order valence-corrected chi connectivity index (χ2v) is 5.98. The molecule has 0 aliphatic rings. The van der Waals surface area contributed by atoms with E-state index in [1.54, 1.807) is 13.8 Å². The molecule has 0 fully saturated rings. The van der Waals surface area contributed by atoms with Gasteiger partial charge in [-0.1, -0.05) is 0 Å². The van der Waals surface area contributed by atoms with Crippen molar-refractivity contribution in [2.24, 2.45) is 5.73 Å². The van der Waals surface area contributed by atoms with Gasteiger partial charge in [-0.3, -0.25) is 14.3 Å². The van der Waals surface area contributed by atoms with Gasteiger partial charge in [0.05, 0.1) is 0 Å². The molecule has 0 spiro atoms. The van der Waals surface area contributed by atoms with Crippen LogP contribution in [0.1, 0.15) is 20.8 Å². The summed E-state index contributed by atoms with van der Waals surface area (Å²) in [6.07, 6.45) is 0. The second-order valence-electron chi connectivity index (χ2n) is 4.22. The van der Waals surface area contributed by atoms with Crippen LogP contribution in [0, 0.1) is 0 Å². The third-order valence-electron chi connectivity index (χ3n) is 1.74. The lowest BCUT2D eigenvalue weighted by Crippen LogP contribution is -2.46. The first-order chi connectivity index (χ1) is 7.17. The van der Waals surface area contributed by atoms with E-state index in [0.29, 0.717) is 0 Å². The van der Waals surface area contributed by atoms with Gasteiger partial charge in [0, 0.05) is 29.1 Å². The van der Waals surface area contributed by atoms with E-state index in [1.807, 2.05) is 0 Å². The molecule has 94 valence electrons. The Morgan fingerprint density at radius 2 is 1.94 bits per heavy atom. The summed E-state index contributed by atoms with van der Waals surface area (Å²) in [7, 11) is -0.00371. The summed E-state index contributed by atoms with van der Waals surface area (Å²) in [5.74, 6) is -0.364. The van der Waals surface area contributed by atoms with Crippen molar-refractivity contribution in [3.05, 3.63) is 0 Å². The average Bonchev–Trinajstić information content (AvgIpc) is 2.13. The Balaban J connectivity index is 4.33. The van der Waals surface area contributed by atoms with Gasteiger partial charge >= 0.3 is 6.03 Å². The van der Waals surface area contributed by atoms with E-state index < -0.39 is 33.5 Å². The predicted molar refractivity (Wildman–Crippen MR) is 63.3 cm³/mol. The Bertz CT molecular complexity index is 299. The molecule has 7 heteroatoms. The number of rotatable bonds is 4. The number of hydrogen-bond donors (Lipinski definition) is 3. The summed E-state index contributed by atoms with van der Waals surface area (Å²) in [5, 5.41) is 3.55. The Hall–Kier alpha value is -0.950. The highest BCUT2D eigenvalue weighted by Gasteiger charge is 2.25. The van der Waals surface area contributed by atoms with E-state index in [1.165, 1.54) is 14.0 Å². The lowest BCUT2D eigenvalue weighted by Gasteiger charge is -2.20. The Kier molecular flexibility index (Phi) is 5.60. The van der Waals surface area contributed by atoms with Crippen LogP contribution in [0.4, 0.5) is 4.79 Å². The van der Waals surface area contributed by atoms with E-state index in [0.717, 1.165) is 0 Å². The molecule has 0 bridgehead atoms. The van der Waals surface area contributed by atoms with Crippen molar-refractivity contribution in [3.63, 3.8) is 0 Å². The van der Waals surface area contributed by atoms with Crippen LogP contribution in [-0.2, 0) is 15.6 Å². The topological polar surface area (TPSA) is 101 Å². The molecule has 0 rings (SSSR count). The van der Waals surface area contributed by atoms with Crippen molar-refractivity contribution in [1.29, 1.82) is 0 Å². The van der Waals surface area contributed by atoms with Crippen LogP contribution in [0.15, 0.2) is 0 Å². The maximum absolute atomic E-state index is 11.7. The molecule has 0 saturated carbocycles. The Morgan fingerprint density at radius 1 is 1.44 bits per heavy atom. The summed E-state index contributed by atoms with van der Waals surface area (Å²) in [5.41, 5.74) is 5.09. The SMILES string of the molecule is CNC(=O)NC(=O)C(C)S(=O)CC(C)(C)N.